The van der Waals surface area contributed by atoms with Crippen molar-refractivity contribution in [1.29, 1.82) is 0 Å². The van der Waals surface area contributed by atoms with Gasteiger partial charge in [-0.3, -0.25) is 0 Å². The zero-order valence-electron chi connectivity index (χ0n) is 12.8. The number of nitrogen functional groups attached to an aromatic ring is 1. The number of benzene rings is 1. The molecule has 0 saturated heterocycles. The minimum atomic E-state index is 0.0420. The molecule has 8 nitrogen and oxygen atoms in total. The van der Waals surface area contributed by atoms with Gasteiger partial charge in [-0.05, 0) is 17.2 Å². The van der Waals surface area contributed by atoms with Crippen LogP contribution in [0.1, 0.15) is 6.92 Å². The second-order valence-corrected chi connectivity index (χ2v) is 5.23. The van der Waals surface area contributed by atoms with Gasteiger partial charge in [-0.15, -0.1) is 0 Å². The molecule has 24 heavy (non-hydrogen) atoms. The second-order valence-electron chi connectivity index (χ2n) is 5.23. The van der Waals surface area contributed by atoms with Crippen LogP contribution in [0.2, 0.25) is 0 Å². The summed E-state index contributed by atoms with van der Waals surface area (Å²) in [5.74, 6) is 0.667. The van der Waals surface area contributed by atoms with Crippen LogP contribution in [0.3, 0.4) is 0 Å². The van der Waals surface area contributed by atoms with Crippen molar-refractivity contribution >= 4 is 16.9 Å². The average molecular weight is 322 g/mol. The molecule has 0 fully saturated rings. The van der Waals surface area contributed by atoms with Crippen LogP contribution in [-0.4, -0.2) is 30.0 Å². The van der Waals surface area contributed by atoms with E-state index in [0.29, 0.717) is 34.8 Å². The number of anilines is 1. The molecule has 1 aromatic carbocycles. The highest BCUT2D eigenvalue weighted by molar-refractivity contribution is 5.95. The quantitative estimate of drug-likeness (QED) is 0.595. The van der Waals surface area contributed by atoms with E-state index in [0.717, 1.165) is 5.56 Å². The molecule has 120 valence electrons. The summed E-state index contributed by atoms with van der Waals surface area (Å²) < 4.78 is 6.50. The molecule has 0 radical (unpaired) electrons. The molecule has 8 heteroatoms. The van der Waals surface area contributed by atoms with E-state index in [-0.39, 0.29) is 11.6 Å². The van der Waals surface area contributed by atoms with Crippen LogP contribution in [0.5, 0.6) is 5.75 Å². The van der Waals surface area contributed by atoms with E-state index >= 15 is 0 Å². The first kappa shape index (κ1) is 14.2. The highest BCUT2D eigenvalue weighted by Gasteiger charge is 2.23. The molecule has 0 atom stereocenters. The van der Waals surface area contributed by atoms with Crippen LogP contribution in [0.4, 0.5) is 5.82 Å². The van der Waals surface area contributed by atoms with Crippen molar-refractivity contribution < 1.29 is 9.74 Å². The molecule has 3 heterocycles. The third kappa shape index (κ3) is 2.00. The molecule has 0 aliphatic heterocycles. The summed E-state index contributed by atoms with van der Waals surface area (Å²) >= 11 is 0. The number of rotatable bonds is 3. The first-order valence-corrected chi connectivity index (χ1v) is 7.42. The smallest absolute Gasteiger partial charge is 0.199 e. The van der Waals surface area contributed by atoms with E-state index in [2.05, 4.69) is 24.9 Å². The van der Waals surface area contributed by atoms with Gasteiger partial charge in [0, 0.05) is 12.1 Å². The van der Waals surface area contributed by atoms with E-state index in [1.54, 1.807) is 0 Å². The van der Waals surface area contributed by atoms with Gasteiger partial charge in [-0.25, -0.2) is 14.6 Å². The molecular weight excluding hydrogens is 308 g/mol. The zero-order valence-corrected chi connectivity index (χ0v) is 12.8. The van der Waals surface area contributed by atoms with Crippen molar-refractivity contribution in [2.45, 2.75) is 13.5 Å². The molecular formula is C16H14N6O2. The maximum absolute atomic E-state index is 10.3. The Hall–Kier alpha value is -3.42. The molecule has 4 aromatic rings. The minimum absolute atomic E-state index is 0.0420. The number of aromatic nitrogens is 5. The lowest BCUT2D eigenvalue weighted by Gasteiger charge is -2.06. The van der Waals surface area contributed by atoms with Crippen LogP contribution < -0.4 is 5.73 Å². The fraction of sp³-hybridized carbons (Fsp3) is 0.125. The number of imidazole rings is 1. The second kappa shape index (κ2) is 5.34. The van der Waals surface area contributed by atoms with Gasteiger partial charge in [0.2, 0.25) is 0 Å². The Morgan fingerprint density at radius 1 is 1.17 bits per heavy atom. The Morgan fingerprint density at radius 2 is 1.96 bits per heavy atom. The Bertz CT molecular complexity index is 1020. The number of pyridine rings is 1. The van der Waals surface area contributed by atoms with Gasteiger partial charge in [0.25, 0.3) is 0 Å². The molecule has 0 amide bonds. The van der Waals surface area contributed by atoms with Crippen LogP contribution in [-0.2, 0) is 6.54 Å². The standard InChI is InChI=1S/C16H14N6O2/c1-2-22-14-10(23)8-18-11(9-6-4-3-5-7-9)12(14)19-16(22)13-15(17)21-24-20-13/h3-8,23H,2H2,1H3,(H2,17,21). The number of nitrogens with zero attached hydrogens (tertiary/aromatic N) is 5. The maximum atomic E-state index is 10.3. The lowest BCUT2D eigenvalue weighted by atomic mass is 10.1. The van der Waals surface area contributed by atoms with Gasteiger partial charge in [-0.2, -0.15) is 0 Å². The maximum Gasteiger partial charge on any atom is 0.199 e. The number of fused-ring (bicyclic) bond motifs is 1. The fourth-order valence-corrected chi connectivity index (χ4v) is 2.77. The molecule has 0 aliphatic carbocycles. The van der Waals surface area contributed by atoms with Gasteiger partial charge >= 0.3 is 0 Å². The number of hydrogen-bond acceptors (Lipinski definition) is 7. The van der Waals surface area contributed by atoms with E-state index in [4.69, 9.17) is 5.73 Å². The molecule has 0 aliphatic rings. The monoisotopic (exact) mass is 322 g/mol. The summed E-state index contributed by atoms with van der Waals surface area (Å²) in [5.41, 5.74) is 8.87. The number of aryl methyl sites for hydroxylation is 1. The predicted octanol–water partition coefficient (Wildman–Crippen LogP) is 2.46. The molecule has 0 bridgehead atoms. The number of hydrogen-bond donors (Lipinski definition) is 2. The lowest BCUT2D eigenvalue weighted by molar-refractivity contribution is 0.310. The summed E-state index contributed by atoms with van der Waals surface area (Å²) in [6.45, 7) is 2.50. The zero-order chi connectivity index (χ0) is 16.7. The van der Waals surface area contributed by atoms with Crippen molar-refractivity contribution in [3.8, 4) is 28.5 Å². The first-order chi connectivity index (χ1) is 11.7. The van der Waals surface area contributed by atoms with E-state index < -0.39 is 0 Å². The number of aromatic hydroxyl groups is 1. The Labute approximate surface area is 136 Å². The van der Waals surface area contributed by atoms with E-state index in [1.807, 2.05) is 41.8 Å². The van der Waals surface area contributed by atoms with Crippen LogP contribution in [0, 0.1) is 0 Å². The van der Waals surface area contributed by atoms with Crippen LogP contribution in [0.15, 0.2) is 41.2 Å². The average Bonchev–Trinajstić information content (AvgIpc) is 3.19. The van der Waals surface area contributed by atoms with Gasteiger partial charge in [0.05, 0.1) is 11.9 Å². The predicted molar refractivity (Wildman–Crippen MR) is 88.0 cm³/mol. The van der Waals surface area contributed by atoms with E-state index in [9.17, 15) is 5.11 Å². The number of nitrogens with two attached hydrogens (primary N) is 1. The molecule has 3 aromatic heterocycles. The van der Waals surface area contributed by atoms with Gasteiger partial charge in [0.1, 0.15) is 11.0 Å². The summed E-state index contributed by atoms with van der Waals surface area (Å²) in [4.78, 5) is 8.97. The van der Waals surface area contributed by atoms with Crippen molar-refractivity contribution in [1.82, 2.24) is 24.8 Å². The van der Waals surface area contributed by atoms with Gasteiger partial charge in [0.15, 0.2) is 23.1 Å². The van der Waals surface area contributed by atoms with Crippen molar-refractivity contribution in [3.05, 3.63) is 36.5 Å². The summed E-state index contributed by atoms with van der Waals surface area (Å²) in [6, 6.07) is 9.66. The first-order valence-electron chi connectivity index (χ1n) is 7.42. The topological polar surface area (TPSA) is 116 Å². The Balaban J connectivity index is 2.08. The van der Waals surface area contributed by atoms with E-state index in [1.165, 1.54) is 6.20 Å². The SMILES string of the molecule is CCn1c(-c2nonc2N)nc2c(-c3ccccc3)ncc(O)c21. The highest BCUT2D eigenvalue weighted by atomic mass is 16.6. The van der Waals surface area contributed by atoms with Gasteiger partial charge < -0.3 is 15.4 Å². The summed E-state index contributed by atoms with van der Waals surface area (Å²) in [5, 5.41) is 17.7. The molecule has 0 saturated carbocycles. The summed E-state index contributed by atoms with van der Waals surface area (Å²) in [7, 11) is 0. The molecule has 0 unspecified atom stereocenters. The highest BCUT2D eigenvalue weighted by Crippen LogP contribution is 2.35. The lowest BCUT2D eigenvalue weighted by Crippen LogP contribution is -2.00. The van der Waals surface area contributed by atoms with Crippen LogP contribution >= 0.6 is 0 Å². The largest absolute Gasteiger partial charge is 0.504 e. The Kier molecular flexibility index (Phi) is 3.16. The van der Waals surface area contributed by atoms with Crippen LogP contribution in [0.25, 0.3) is 33.8 Å². The van der Waals surface area contributed by atoms with Crippen molar-refractivity contribution in [2.24, 2.45) is 0 Å². The summed E-state index contributed by atoms with van der Waals surface area (Å²) in [6.07, 6.45) is 1.42. The van der Waals surface area contributed by atoms with Crippen molar-refractivity contribution in [2.75, 3.05) is 5.73 Å². The molecule has 0 spiro atoms. The van der Waals surface area contributed by atoms with Crippen molar-refractivity contribution in [3.63, 3.8) is 0 Å². The molecule has 4 rings (SSSR count). The normalized spacial score (nSPS) is 11.2. The third-order valence-corrected chi connectivity index (χ3v) is 3.84. The minimum Gasteiger partial charge on any atom is -0.504 e. The Morgan fingerprint density at radius 3 is 2.62 bits per heavy atom. The fourth-order valence-electron chi connectivity index (χ4n) is 2.77. The third-order valence-electron chi connectivity index (χ3n) is 3.84. The molecule has 3 N–H and O–H groups in total. The van der Waals surface area contributed by atoms with Gasteiger partial charge in [-0.1, -0.05) is 30.3 Å².